The second-order valence-electron chi connectivity index (χ2n) is 6.20. The zero-order valence-corrected chi connectivity index (χ0v) is 12.7. The van der Waals surface area contributed by atoms with Gasteiger partial charge in [-0.2, -0.15) is 0 Å². The molecule has 0 radical (unpaired) electrons. The van der Waals surface area contributed by atoms with Crippen LogP contribution in [0, 0.1) is 17.7 Å². The van der Waals surface area contributed by atoms with Crippen LogP contribution in [0.4, 0.5) is 4.39 Å². The maximum Gasteiger partial charge on any atom is 0.128 e. The molecular formula is C17H26FNO2. The Labute approximate surface area is 126 Å². The average molecular weight is 295 g/mol. The highest BCUT2D eigenvalue weighted by molar-refractivity contribution is 5.16. The molecule has 3 unspecified atom stereocenters. The number of ether oxygens (including phenoxy) is 1. The SMILES string of the molecule is CC1CCC(CNCC(O)COCc2ccccc2F)C1. The van der Waals surface area contributed by atoms with Crippen molar-refractivity contribution in [2.75, 3.05) is 19.7 Å². The molecule has 0 bridgehead atoms. The van der Waals surface area contributed by atoms with E-state index < -0.39 is 6.10 Å². The zero-order valence-electron chi connectivity index (χ0n) is 12.7. The lowest BCUT2D eigenvalue weighted by molar-refractivity contribution is 0.0275. The molecule has 1 fully saturated rings. The first kappa shape index (κ1) is 16.4. The van der Waals surface area contributed by atoms with Crippen LogP contribution in [0.3, 0.4) is 0 Å². The molecule has 118 valence electrons. The molecule has 2 rings (SSSR count). The van der Waals surface area contributed by atoms with Crippen LogP contribution in [-0.2, 0) is 11.3 Å². The first-order valence-electron chi connectivity index (χ1n) is 7.85. The number of aliphatic hydroxyl groups is 1. The van der Waals surface area contributed by atoms with Crippen molar-refractivity contribution < 1.29 is 14.2 Å². The number of rotatable bonds is 8. The molecule has 0 saturated heterocycles. The van der Waals surface area contributed by atoms with Gasteiger partial charge in [0.2, 0.25) is 0 Å². The summed E-state index contributed by atoms with van der Waals surface area (Å²) < 4.78 is 18.7. The van der Waals surface area contributed by atoms with Gasteiger partial charge in [-0.05, 0) is 37.3 Å². The third-order valence-corrected chi connectivity index (χ3v) is 4.14. The van der Waals surface area contributed by atoms with Crippen molar-refractivity contribution in [1.82, 2.24) is 5.32 Å². The second kappa shape index (κ2) is 8.47. The summed E-state index contributed by atoms with van der Waals surface area (Å²) in [6, 6.07) is 6.55. The van der Waals surface area contributed by atoms with E-state index >= 15 is 0 Å². The van der Waals surface area contributed by atoms with E-state index in [9.17, 15) is 9.50 Å². The van der Waals surface area contributed by atoms with E-state index in [1.54, 1.807) is 18.2 Å². The molecule has 1 aromatic rings. The van der Waals surface area contributed by atoms with E-state index in [2.05, 4.69) is 12.2 Å². The molecule has 1 aliphatic carbocycles. The highest BCUT2D eigenvalue weighted by atomic mass is 19.1. The van der Waals surface area contributed by atoms with Crippen LogP contribution in [0.1, 0.15) is 31.7 Å². The molecule has 21 heavy (non-hydrogen) atoms. The van der Waals surface area contributed by atoms with Crippen molar-refractivity contribution in [3.63, 3.8) is 0 Å². The molecule has 4 heteroatoms. The Morgan fingerprint density at radius 2 is 2.19 bits per heavy atom. The number of halogens is 1. The highest BCUT2D eigenvalue weighted by Crippen LogP contribution is 2.29. The van der Waals surface area contributed by atoms with Crippen LogP contribution in [0.15, 0.2) is 24.3 Å². The minimum atomic E-state index is -0.546. The van der Waals surface area contributed by atoms with Crippen molar-refractivity contribution in [2.24, 2.45) is 11.8 Å². The smallest absolute Gasteiger partial charge is 0.128 e. The van der Waals surface area contributed by atoms with Crippen molar-refractivity contribution in [3.8, 4) is 0 Å². The summed E-state index contributed by atoms with van der Waals surface area (Å²) in [6.45, 7) is 4.22. The number of benzene rings is 1. The Kier molecular flexibility index (Phi) is 6.61. The van der Waals surface area contributed by atoms with Gasteiger partial charge in [0.05, 0.1) is 19.3 Å². The number of hydrogen-bond acceptors (Lipinski definition) is 3. The highest BCUT2D eigenvalue weighted by Gasteiger charge is 2.20. The fourth-order valence-corrected chi connectivity index (χ4v) is 2.94. The molecule has 2 N–H and O–H groups in total. The van der Waals surface area contributed by atoms with Crippen molar-refractivity contribution >= 4 is 0 Å². The van der Waals surface area contributed by atoms with E-state index in [1.165, 1.54) is 25.3 Å². The van der Waals surface area contributed by atoms with Crippen LogP contribution >= 0.6 is 0 Å². The predicted octanol–water partition coefficient (Wildman–Crippen LogP) is 2.73. The minimum Gasteiger partial charge on any atom is -0.389 e. The van der Waals surface area contributed by atoms with Gasteiger partial charge in [0.1, 0.15) is 5.82 Å². The monoisotopic (exact) mass is 295 g/mol. The predicted molar refractivity (Wildman–Crippen MR) is 81.4 cm³/mol. The summed E-state index contributed by atoms with van der Waals surface area (Å²) in [5.41, 5.74) is 0.526. The largest absolute Gasteiger partial charge is 0.389 e. The van der Waals surface area contributed by atoms with Crippen molar-refractivity contribution in [3.05, 3.63) is 35.6 Å². The summed E-state index contributed by atoms with van der Waals surface area (Å²) in [6.07, 6.45) is 3.34. The van der Waals surface area contributed by atoms with Crippen LogP contribution in [0.25, 0.3) is 0 Å². The van der Waals surface area contributed by atoms with Gasteiger partial charge in [-0.3, -0.25) is 0 Å². The standard InChI is InChI=1S/C17H26FNO2/c1-13-6-7-14(8-13)9-19-10-16(20)12-21-11-15-4-2-3-5-17(15)18/h2-5,13-14,16,19-20H,6-12H2,1H3. The number of nitrogens with one attached hydrogen (secondary N) is 1. The lowest BCUT2D eigenvalue weighted by Gasteiger charge is -2.15. The summed E-state index contributed by atoms with van der Waals surface area (Å²) in [5, 5.41) is 13.1. The van der Waals surface area contributed by atoms with Crippen molar-refractivity contribution in [1.29, 1.82) is 0 Å². The lowest BCUT2D eigenvalue weighted by Crippen LogP contribution is -2.33. The molecular weight excluding hydrogens is 269 g/mol. The number of aliphatic hydroxyl groups excluding tert-OH is 1. The molecule has 1 aliphatic rings. The Bertz CT molecular complexity index is 427. The van der Waals surface area contributed by atoms with E-state index in [1.807, 2.05) is 0 Å². The summed E-state index contributed by atoms with van der Waals surface area (Å²) in [7, 11) is 0. The molecule has 0 aliphatic heterocycles. The van der Waals surface area contributed by atoms with Gasteiger partial charge in [-0.15, -0.1) is 0 Å². The molecule has 0 amide bonds. The van der Waals surface area contributed by atoms with E-state index in [0.717, 1.165) is 18.4 Å². The van der Waals surface area contributed by atoms with Gasteiger partial charge < -0.3 is 15.2 Å². The second-order valence-corrected chi connectivity index (χ2v) is 6.20. The van der Waals surface area contributed by atoms with E-state index in [-0.39, 0.29) is 19.0 Å². The van der Waals surface area contributed by atoms with Crippen LogP contribution in [0.5, 0.6) is 0 Å². The molecule has 3 atom stereocenters. The summed E-state index contributed by atoms with van der Waals surface area (Å²) in [4.78, 5) is 0. The molecule has 3 nitrogen and oxygen atoms in total. The van der Waals surface area contributed by atoms with Gasteiger partial charge in [0.15, 0.2) is 0 Å². The summed E-state index contributed by atoms with van der Waals surface area (Å²) in [5.74, 6) is 1.32. The Morgan fingerprint density at radius 1 is 1.38 bits per heavy atom. The molecule has 0 aromatic heterocycles. The first-order chi connectivity index (χ1) is 10.1. The molecule has 1 aromatic carbocycles. The quantitative estimate of drug-likeness (QED) is 0.775. The number of hydrogen-bond donors (Lipinski definition) is 2. The zero-order chi connectivity index (χ0) is 15.1. The van der Waals surface area contributed by atoms with Gasteiger partial charge in [0, 0.05) is 12.1 Å². The van der Waals surface area contributed by atoms with Crippen LogP contribution < -0.4 is 5.32 Å². The fraction of sp³-hybridized carbons (Fsp3) is 0.647. The minimum absolute atomic E-state index is 0.198. The van der Waals surface area contributed by atoms with Gasteiger partial charge >= 0.3 is 0 Å². The van der Waals surface area contributed by atoms with E-state index in [0.29, 0.717) is 12.1 Å². The maximum atomic E-state index is 13.4. The fourth-order valence-electron chi connectivity index (χ4n) is 2.94. The van der Waals surface area contributed by atoms with Crippen LogP contribution in [0.2, 0.25) is 0 Å². The van der Waals surface area contributed by atoms with Gasteiger partial charge in [-0.25, -0.2) is 4.39 Å². The normalized spacial score (nSPS) is 23.4. The first-order valence-corrected chi connectivity index (χ1v) is 7.85. The van der Waals surface area contributed by atoms with Crippen LogP contribution in [-0.4, -0.2) is 30.9 Å². The molecule has 0 heterocycles. The molecule has 1 saturated carbocycles. The maximum absolute atomic E-state index is 13.4. The van der Waals surface area contributed by atoms with Crippen molar-refractivity contribution in [2.45, 2.75) is 38.9 Å². The van der Waals surface area contributed by atoms with Gasteiger partial charge in [-0.1, -0.05) is 31.5 Å². The Balaban J connectivity index is 1.55. The lowest BCUT2D eigenvalue weighted by atomic mass is 10.1. The molecule has 0 spiro atoms. The third-order valence-electron chi connectivity index (χ3n) is 4.14. The topological polar surface area (TPSA) is 41.5 Å². The van der Waals surface area contributed by atoms with E-state index in [4.69, 9.17) is 4.74 Å². The van der Waals surface area contributed by atoms with Gasteiger partial charge in [0.25, 0.3) is 0 Å². The third kappa shape index (κ3) is 5.73. The Hall–Kier alpha value is -0.970. The summed E-state index contributed by atoms with van der Waals surface area (Å²) >= 11 is 0. The average Bonchev–Trinajstić information content (AvgIpc) is 2.87. The Morgan fingerprint density at radius 3 is 2.90 bits per heavy atom.